The lowest BCUT2D eigenvalue weighted by Crippen LogP contribution is -2.34. The van der Waals surface area contributed by atoms with Crippen molar-refractivity contribution in [1.29, 1.82) is 0 Å². The summed E-state index contributed by atoms with van der Waals surface area (Å²) in [5, 5.41) is 7.33. The van der Waals surface area contributed by atoms with Gasteiger partial charge in [0.1, 0.15) is 6.54 Å². The number of fused-ring (bicyclic) bond motifs is 1. The highest BCUT2D eigenvalue weighted by molar-refractivity contribution is 5.97. The van der Waals surface area contributed by atoms with Crippen LogP contribution in [0.3, 0.4) is 0 Å². The van der Waals surface area contributed by atoms with Gasteiger partial charge >= 0.3 is 0 Å². The Hall–Kier alpha value is -3.54. The van der Waals surface area contributed by atoms with E-state index in [1.54, 1.807) is 24.3 Å². The highest BCUT2D eigenvalue weighted by Crippen LogP contribution is 2.27. The van der Waals surface area contributed by atoms with Crippen molar-refractivity contribution in [3.05, 3.63) is 81.6 Å². The molecule has 0 saturated heterocycles. The van der Waals surface area contributed by atoms with Crippen LogP contribution in [0.4, 0.5) is 5.69 Å². The van der Waals surface area contributed by atoms with Crippen LogP contribution in [0.2, 0.25) is 0 Å². The average molecular weight is 401 g/mol. The van der Waals surface area contributed by atoms with Gasteiger partial charge in [-0.1, -0.05) is 42.5 Å². The van der Waals surface area contributed by atoms with E-state index in [-0.39, 0.29) is 23.8 Å². The number of anilines is 1. The fourth-order valence-electron chi connectivity index (χ4n) is 3.87. The molecule has 0 saturated carbocycles. The van der Waals surface area contributed by atoms with Gasteiger partial charge in [0.05, 0.1) is 5.69 Å². The molecule has 4 rings (SSSR count). The maximum absolute atomic E-state index is 13.0. The third-order valence-electron chi connectivity index (χ3n) is 5.36. The number of Topliss-reactive ketones (excluding diaryl/α,β-unsaturated/α-hetero) is 1. The SMILES string of the molecule is CC(=O)c1cccc(NC(=O)Cn2nc(-c3ccccc3)c3c(c2=O)CCCC3)c1. The maximum atomic E-state index is 13.0. The molecule has 1 amide bonds. The molecular formula is C24H23N3O3. The molecule has 1 aromatic heterocycles. The molecule has 0 bridgehead atoms. The first-order valence-corrected chi connectivity index (χ1v) is 10.1. The first-order valence-electron chi connectivity index (χ1n) is 10.1. The summed E-state index contributed by atoms with van der Waals surface area (Å²) < 4.78 is 1.26. The zero-order chi connectivity index (χ0) is 21.1. The molecule has 30 heavy (non-hydrogen) atoms. The van der Waals surface area contributed by atoms with Gasteiger partial charge in [-0.25, -0.2) is 4.68 Å². The molecule has 0 aliphatic heterocycles. The van der Waals surface area contributed by atoms with E-state index in [0.29, 0.717) is 17.7 Å². The molecule has 0 fully saturated rings. The van der Waals surface area contributed by atoms with E-state index < -0.39 is 0 Å². The number of amides is 1. The lowest BCUT2D eigenvalue weighted by atomic mass is 9.90. The van der Waals surface area contributed by atoms with Gasteiger partial charge in [0, 0.05) is 22.4 Å². The summed E-state index contributed by atoms with van der Waals surface area (Å²) in [5.74, 6) is -0.439. The molecule has 0 atom stereocenters. The molecular weight excluding hydrogens is 378 g/mol. The molecule has 152 valence electrons. The number of hydrogen-bond acceptors (Lipinski definition) is 4. The first kappa shape index (κ1) is 19.8. The third kappa shape index (κ3) is 4.08. The fraction of sp³-hybridized carbons (Fsp3) is 0.250. The fourth-order valence-corrected chi connectivity index (χ4v) is 3.87. The van der Waals surface area contributed by atoms with Gasteiger partial charge in [0.25, 0.3) is 5.56 Å². The Morgan fingerprint density at radius 3 is 2.47 bits per heavy atom. The van der Waals surface area contributed by atoms with Crippen LogP contribution in [0, 0.1) is 0 Å². The van der Waals surface area contributed by atoms with E-state index in [1.807, 2.05) is 30.3 Å². The first-order chi connectivity index (χ1) is 14.5. The van der Waals surface area contributed by atoms with Gasteiger partial charge in [0.2, 0.25) is 5.91 Å². The van der Waals surface area contributed by atoms with Crippen molar-refractivity contribution < 1.29 is 9.59 Å². The number of ketones is 1. The number of nitrogens with zero attached hydrogens (tertiary/aromatic N) is 2. The van der Waals surface area contributed by atoms with E-state index in [9.17, 15) is 14.4 Å². The minimum absolute atomic E-state index is 0.0776. The van der Waals surface area contributed by atoms with E-state index in [4.69, 9.17) is 0 Å². The van der Waals surface area contributed by atoms with Crippen molar-refractivity contribution in [2.75, 3.05) is 5.32 Å². The second-order valence-electron chi connectivity index (χ2n) is 7.53. The van der Waals surface area contributed by atoms with Crippen LogP contribution >= 0.6 is 0 Å². The van der Waals surface area contributed by atoms with Gasteiger partial charge in [0.15, 0.2) is 5.78 Å². The van der Waals surface area contributed by atoms with Gasteiger partial charge in [-0.05, 0) is 50.3 Å². The normalized spacial score (nSPS) is 12.8. The number of rotatable bonds is 5. The smallest absolute Gasteiger partial charge is 0.270 e. The Kier molecular flexibility index (Phi) is 5.57. The Morgan fingerprint density at radius 2 is 1.73 bits per heavy atom. The molecule has 6 heteroatoms. The molecule has 0 unspecified atom stereocenters. The predicted molar refractivity (Wildman–Crippen MR) is 116 cm³/mol. The number of hydrogen-bond donors (Lipinski definition) is 1. The van der Waals surface area contributed by atoms with Crippen molar-refractivity contribution in [2.24, 2.45) is 0 Å². The maximum Gasteiger partial charge on any atom is 0.270 e. The van der Waals surface area contributed by atoms with E-state index in [1.165, 1.54) is 11.6 Å². The summed E-state index contributed by atoms with van der Waals surface area (Å²) in [5.41, 5.74) is 4.32. The summed E-state index contributed by atoms with van der Waals surface area (Å²) >= 11 is 0. The van der Waals surface area contributed by atoms with Crippen LogP contribution in [-0.2, 0) is 24.2 Å². The van der Waals surface area contributed by atoms with E-state index >= 15 is 0 Å². The number of benzene rings is 2. The Balaban J connectivity index is 1.66. The molecule has 3 aromatic rings. The summed E-state index contributed by atoms with van der Waals surface area (Å²) in [6.07, 6.45) is 3.53. The molecule has 0 spiro atoms. The van der Waals surface area contributed by atoms with Crippen molar-refractivity contribution in [3.63, 3.8) is 0 Å². The summed E-state index contributed by atoms with van der Waals surface area (Å²) in [6, 6.07) is 16.5. The molecule has 1 aliphatic carbocycles. The summed E-state index contributed by atoms with van der Waals surface area (Å²) in [7, 11) is 0. The van der Waals surface area contributed by atoms with E-state index in [2.05, 4.69) is 10.4 Å². The molecule has 6 nitrogen and oxygen atoms in total. The molecule has 2 aromatic carbocycles. The minimum Gasteiger partial charge on any atom is -0.324 e. The summed E-state index contributed by atoms with van der Waals surface area (Å²) in [6.45, 7) is 1.29. The van der Waals surface area contributed by atoms with Crippen molar-refractivity contribution in [1.82, 2.24) is 9.78 Å². The second-order valence-corrected chi connectivity index (χ2v) is 7.53. The lowest BCUT2D eigenvalue weighted by molar-refractivity contribution is -0.117. The Bertz CT molecular complexity index is 1170. The Labute approximate surface area is 174 Å². The Morgan fingerprint density at radius 1 is 1.00 bits per heavy atom. The van der Waals surface area contributed by atoms with Gasteiger partial charge in [-0.3, -0.25) is 14.4 Å². The van der Waals surface area contributed by atoms with Gasteiger partial charge in [-0.15, -0.1) is 0 Å². The zero-order valence-corrected chi connectivity index (χ0v) is 16.9. The van der Waals surface area contributed by atoms with Gasteiger partial charge < -0.3 is 5.32 Å². The van der Waals surface area contributed by atoms with Crippen molar-refractivity contribution in [3.8, 4) is 11.3 Å². The molecule has 1 aliphatic rings. The highest BCUT2D eigenvalue weighted by atomic mass is 16.2. The van der Waals surface area contributed by atoms with Crippen LogP contribution < -0.4 is 10.9 Å². The highest BCUT2D eigenvalue weighted by Gasteiger charge is 2.22. The molecule has 1 heterocycles. The average Bonchev–Trinajstić information content (AvgIpc) is 2.76. The van der Waals surface area contributed by atoms with Crippen molar-refractivity contribution >= 4 is 17.4 Å². The van der Waals surface area contributed by atoms with Crippen LogP contribution in [0.1, 0.15) is 41.3 Å². The lowest BCUT2D eigenvalue weighted by Gasteiger charge is -2.20. The number of nitrogens with one attached hydrogen (secondary N) is 1. The topological polar surface area (TPSA) is 81.1 Å². The number of carbonyl (C=O) groups excluding carboxylic acids is 2. The predicted octanol–water partition coefficient (Wildman–Crippen LogP) is 3.63. The largest absolute Gasteiger partial charge is 0.324 e. The standard InChI is InChI=1S/C24H23N3O3/c1-16(28)18-10-7-11-19(14-18)25-22(29)15-27-24(30)21-13-6-5-12-20(21)23(26-27)17-8-3-2-4-9-17/h2-4,7-11,14H,5-6,12-13,15H2,1H3,(H,25,29). The van der Waals surface area contributed by atoms with Crippen molar-refractivity contribution in [2.45, 2.75) is 39.2 Å². The monoisotopic (exact) mass is 401 g/mol. The van der Waals surface area contributed by atoms with Crippen LogP contribution in [0.5, 0.6) is 0 Å². The molecule has 1 N–H and O–H groups in total. The third-order valence-corrected chi connectivity index (χ3v) is 5.36. The van der Waals surface area contributed by atoms with Crippen LogP contribution in [0.15, 0.2) is 59.4 Å². The van der Waals surface area contributed by atoms with Crippen LogP contribution in [-0.4, -0.2) is 21.5 Å². The van der Waals surface area contributed by atoms with E-state index in [0.717, 1.165) is 41.6 Å². The van der Waals surface area contributed by atoms with Crippen LogP contribution in [0.25, 0.3) is 11.3 Å². The minimum atomic E-state index is -0.361. The quantitative estimate of drug-likeness (QED) is 0.662. The number of aromatic nitrogens is 2. The second kappa shape index (κ2) is 8.45. The molecule has 0 radical (unpaired) electrons. The summed E-state index contributed by atoms with van der Waals surface area (Å²) in [4.78, 5) is 37.2. The van der Waals surface area contributed by atoms with Gasteiger partial charge in [-0.2, -0.15) is 5.10 Å². The number of carbonyl (C=O) groups is 2. The zero-order valence-electron chi connectivity index (χ0n) is 16.9.